The van der Waals surface area contributed by atoms with E-state index in [1.165, 1.54) is 11.3 Å². The molecule has 0 aliphatic carbocycles. The number of hydrogen-bond acceptors (Lipinski definition) is 5. The van der Waals surface area contributed by atoms with Crippen LogP contribution in [0.5, 0.6) is 17.2 Å². The first kappa shape index (κ1) is 13.4. The van der Waals surface area contributed by atoms with Crippen molar-refractivity contribution in [1.82, 2.24) is 4.98 Å². The Morgan fingerprint density at radius 3 is 2.52 bits per heavy atom. The fourth-order valence-corrected chi connectivity index (χ4v) is 2.81. The molecular formula is C15H12N2O3S. The van der Waals surface area contributed by atoms with Gasteiger partial charge in [-0.3, -0.25) is 4.79 Å². The van der Waals surface area contributed by atoms with Crippen molar-refractivity contribution in [1.29, 1.82) is 0 Å². The topological polar surface area (TPSA) is 74.4 Å². The van der Waals surface area contributed by atoms with E-state index < -0.39 is 5.91 Å². The van der Waals surface area contributed by atoms with Crippen LogP contribution in [-0.2, 0) is 0 Å². The fraction of sp³-hybridized carbons (Fsp3) is 0.0667. The molecule has 3 rings (SSSR count). The molecule has 21 heavy (non-hydrogen) atoms. The van der Waals surface area contributed by atoms with Crippen molar-refractivity contribution in [2.45, 2.75) is 0 Å². The zero-order valence-electron chi connectivity index (χ0n) is 11.2. The number of benzene rings is 2. The van der Waals surface area contributed by atoms with Crippen LogP contribution >= 0.6 is 11.3 Å². The number of carbonyl (C=O) groups is 1. The van der Waals surface area contributed by atoms with Crippen LogP contribution in [0.2, 0.25) is 0 Å². The molecular weight excluding hydrogens is 288 g/mol. The van der Waals surface area contributed by atoms with E-state index in [1.54, 1.807) is 19.2 Å². The Hall–Kier alpha value is -2.60. The third-order valence-electron chi connectivity index (χ3n) is 2.87. The molecule has 6 heteroatoms. The van der Waals surface area contributed by atoms with Crippen LogP contribution in [0.1, 0.15) is 9.80 Å². The molecule has 0 unspecified atom stereocenters. The van der Waals surface area contributed by atoms with Crippen molar-refractivity contribution in [3.63, 3.8) is 0 Å². The van der Waals surface area contributed by atoms with Crippen molar-refractivity contribution in [3.05, 3.63) is 47.5 Å². The fourth-order valence-electron chi connectivity index (χ4n) is 1.93. The first-order chi connectivity index (χ1) is 10.2. The maximum absolute atomic E-state index is 11.3. The van der Waals surface area contributed by atoms with Gasteiger partial charge in [-0.1, -0.05) is 18.2 Å². The van der Waals surface area contributed by atoms with Gasteiger partial charge in [-0.2, -0.15) is 0 Å². The Kier molecular flexibility index (Phi) is 3.45. The highest BCUT2D eigenvalue weighted by Gasteiger charge is 2.16. The molecule has 0 aliphatic heterocycles. The summed E-state index contributed by atoms with van der Waals surface area (Å²) >= 11 is 1.19. The minimum Gasteiger partial charge on any atom is -0.494 e. The number of fused-ring (bicyclic) bond motifs is 1. The van der Waals surface area contributed by atoms with E-state index in [4.69, 9.17) is 15.2 Å². The van der Waals surface area contributed by atoms with Crippen LogP contribution in [0, 0.1) is 0 Å². The third-order valence-corrected chi connectivity index (χ3v) is 3.96. The molecule has 3 aromatic rings. The zero-order chi connectivity index (χ0) is 14.8. The Morgan fingerprint density at radius 1 is 1.14 bits per heavy atom. The van der Waals surface area contributed by atoms with Crippen LogP contribution in [0.25, 0.3) is 10.2 Å². The number of aromatic nitrogens is 1. The molecule has 0 spiro atoms. The van der Waals surface area contributed by atoms with Crippen molar-refractivity contribution >= 4 is 27.5 Å². The lowest BCUT2D eigenvalue weighted by molar-refractivity contribution is 0.1000. The lowest BCUT2D eigenvalue weighted by Crippen LogP contribution is -2.09. The number of methoxy groups -OCH3 is 1. The largest absolute Gasteiger partial charge is 0.494 e. The lowest BCUT2D eigenvalue weighted by atomic mass is 10.3. The van der Waals surface area contributed by atoms with E-state index in [0.29, 0.717) is 22.8 Å². The highest BCUT2D eigenvalue weighted by molar-refractivity contribution is 7.20. The number of primary amides is 1. The predicted octanol–water partition coefficient (Wildman–Crippen LogP) is 3.20. The van der Waals surface area contributed by atoms with Gasteiger partial charge >= 0.3 is 0 Å². The highest BCUT2D eigenvalue weighted by Crippen LogP contribution is 2.38. The molecule has 0 saturated carbocycles. The second-order valence-corrected chi connectivity index (χ2v) is 5.24. The van der Waals surface area contributed by atoms with Crippen molar-refractivity contribution in [3.8, 4) is 17.2 Å². The molecule has 0 saturated heterocycles. The molecule has 1 amide bonds. The summed E-state index contributed by atoms with van der Waals surface area (Å²) in [7, 11) is 1.55. The number of nitrogens with two attached hydrogens (primary N) is 1. The molecule has 1 aromatic heterocycles. The summed E-state index contributed by atoms with van der Waals surface area (Å²) in [5.41, 5.74) is 5.87. The van der Waals surface area contributed by atoms with Gasteiger partial charge in [0.25, 0.3) is 5.91 Å². The first-order valence-electron chi connectivity index (χ1n) is 6.19. The maximum Gasteiger partial charge on any atom is 0.277 e. The van der Waals surface area contributed by atoms with Crippen LogP contribution in [0.4, 0.5) is 0 Å². The number of para-hydroxylation sites is 1. The summed E-state index contributed by atoms with van der Waals surface area (Å²) in [6.45, 7) is 0. The van der Waals surface area contributed by atoms with E-state index >= 15 is 0 Å². The Balaban J connectivity index is 2.12. The second-order valence-electron chi connectivity index (χ2n) is 4.24. The zero-order valence-corrected chi connectivity index (χ0v) is 12.0. The Morgan fingerprint density at radius 2 is 1.86 bits per heavy atom. The van der Waals surface area contributed by atoms with Crippen LogP contribution in [0.3, 0.4) is 0 Å². The second kappa shape index (κ2) is 5.41. The monoisotopic (exact) mass is 300 g/mol. The molecule has 0 aliphatic rings. The van der Waals surface area contributed by atoms with Crippen molar-refractivity contribution in [2.24, 2.45) is 5.73 Å². The number of hydrogen-bond donors (Lipinski definition) is 1. The van der Waals surface area contributed by atoms with Crippen molar-refractivity contribution < 1.29 is 14.3 Å². The molecule has 5 nitrogen and oxygen atoms in total. The van der Waals surface area contributed by atoms with E-state index in [1.807, 2.05) is 30.3 Å². The van der Waals surface area contributed by atoms with Gasteiger partial charge in [-0.15, -0.1) is 11.3 Å². The molecule has 0 fully saturated rings. The summed E-state index contributed by atoms with van der Waals surface area (Å²) in [6, 6.07) is 12.9. The predicted molar refractivity (Wildman–Crippen MR) is 81.2 cm³/mol. The van der Waals surface area contributed by atoms with Crippen molar-refractivity contribution in [2.75, 3.05) is 7.11 Å². The molecule has 0 atom stereocenters. The summed E-state index contributed by atoms with van der Waals surface area (Å²) < 4.78 is 11.8. The number of carbonyl (C=O) groups excluding carboxylic acids is 1. The normalized spacial score (nSPS) is 10.5. The average molecular weight is 300 g/mol. The molecule has 106 valence electrons. The number of amides is 1. The third kappa shape index (κ3) is 2.53. The minimum absolute atomic E-state index is 0.229. The summed E-state index contributed by atoms with van der Waals surface area (Å²) in [5, 5.41) is 0.229. The van der Waals surface area contributed by atoms with E-state index in [-0.39, 0.29) is 5.01 Å². The van der Waals surface area contributed by atoms with Gasteiger partial charge < -0.3 is 15.2 Å². The molecule has 0 radical (unpaired) electrons. The maximum atomic E-state index is 11.3. The summed E-state index contributed by atoms with van der Waals surface area (Å²) in [5.74, 6) is 1.33. The molecule has 2 aromatic carbocycles. The molecule has 2 N–H and O–H groups in total. The number of ether oxygens (including phenoxy) is 2. The van der Waals surface area contributed by atoms with E-state index in [0.717, 1.165) is 4.70 Å². The number of nitrogens with zero attached hydrogens (tertiary/aromatic N) is 1. The SMILES string of the molecule is COc1ccc(Oc2ccccc2)c2sc(C(N)=O)nc12. The van der Waals surface area contributed by atoms with Crippen LogP contribution in [-0.4, -0.2) is 18.0 Å². The standard InChI is InChI=1S/C15H12N2O3S/c1-19-10-7-8-11(20-9-5-3-2-4-6-9)13-12(10)17-15(21-13)14(16)18/h2-8H,1H3,(H2,16,18). The van der Waals surface area contributed by atoms with Gasteiger partial charge in [-0.05, 0) is 24.3 Å². The lowest BCUT2D eigenvalue weighted by Gasteiger charge is -2.07. The van der Waals surface area contributed by atoms with Crippen LogP contribution in [0.15, 0.2) is 42.5 Å². The van der Waals surface area contributed by atoms with Gasteiger partial charge in [0, 0.05) is 0 Å². The van der Waals surface area contributed by atoms with Crippen LogP contribution < -0.4 is 15.2 Å². The smallest absolute Gasteiger partial charge is 0.277 e. The van der Waals surface area contributed by atoms with E-state index in [2.05, 4.69) is 4.98 Å². The Labute approximate surface area is 124 Å². The molecule has 1 heterocycles. The van der Waals surface area contributed by atoms with Gasteiger partial charge in [-0.25, -0.2) is 4.98 Å². The first-order valence-corrected chi connectivity index (χ1v) is 7.01. The minimum atomic E-state index is -0.566. The van der Waals surface area contributed by atoms with Gasteiger partial charge in [0.2, 0.25) is 0 Å². The van der Waals surface area contributed by atoms with Gasteiger partial charge in [0.15, 0.2) is 5.01 Å². The summed E-state index contributed by atoms with van der Waals surface area (Å²) in [4.78, 5) is 15.6. The van der Waals surface area contributed by atoms with Gasteiger partial charge in [0.1, 0.15) is 27.5 Å². The molecule has 0 bridgehead atoms. The quantitative estimate of drug-likeness (QED) is 0.803. The van der Waals surface area contributed by atoms with E-state index in [9.17, 15) is 4.79 Å². The Bertz CT molecular complexity index is 799. The number of rotatable bonds is 4. The summed E-state index contributed by atoms with van der Waals surface area (Å²) in [6.07, 6.45) is 0. The van der Waals surface area contributed by atoms with Gasteiger partial charge in [0.05, 0.1) is 7.11 Å². The average Bonchev–Trinajstić information content (AvgIpc) is 2.94. The number of thiazole rings is 1. The highest BCUT2D eigenvalue weighted by atomic mass is 32.1.